The van der Waals surface area contributed by atoms with Crippen molar-refractivity contribution >= 4 is 5.91 Å². The maximum Gasteiger partial charge on any atom is 0.255 e. The van der Waals surface area contributed by atoms with E-state index in [0.29, 0.717) is 35.3 Å². The third-order valence-electron chi connectivity index (χ3n) is 6.73. The molecule has 0 spiro atoms. The van der Waals surface area contributed by atoms with E-state index in [9.17, 15) is 4.79 Å². The molecule has 7 nitrogen and oxygen atoms in total. The Bertz CT molecular complexity index is 1110. The average molecular weight is 477 g/mol. The molecule has 1 aromatic heterocycles. The number of nitrogens with one attached hydrogen (secondary N) is 1. The molecule has 1 atom stereocenters. The molecule has 3 aromatic rings. The summed E-state index contributed by atoms with van der Waals surface area (Å²) in [5.74, 6) is 1.11. The van der Waals surface area contributed by atoms with Crippen LogP contribution in [-0.2, 0) is 0 Å². The first-order valence-electron chi connectivity index (χ1n) is 12.5. The van der Waals surface area contributed by atoms with Crippen LogP contribution >= 0.6 is 0 Å². The van der Waals surface area contributed by atoms with Crippen molar-refractivity contribution in [1.82, 2.24) is 20.0 Å². The molecule has 1 fully saturated rings. The van der Waals surface area contributed by atoms with Gasteiger partial charge in [0, 0.05) is 24.3 Å². The van der Waals surface area contributed by atoms with Crippen molar-refractivity contribution in [3.8, 4) is 28.4 Å². The van der Waals surface area contributed by atoms with Crippen molar-refractivity contribution in [3.63, 3.8) is 0 Å². The number of ether oxygens (including phenoxy) is 2. The summed E-state index contributed by atoms with van der Waals surface area (Å²) in [5.41, 5.74) is 2.82. The highest BCUT2D eigenvalue weighted by Crippen LogP contribution is 2.33. The second-order valence-corrected chi connectivity index (χ2v) is 9.09. The lowest BCUT2D eigenvalue weighted by Crippen LogP contribution is -2.38. The molecule has 1 saturated heterocycles. The number of nitrogens with zero attached hydrogens (tertiary/aromatic N) is 3. The molecule has 2 heterocycles. The van der Waals surface area contributed by atoms with Gasteiger partial charge in [-0.25, -0.2) is 4.68 Å². The monoisotopic (exact) mass is 476 g/mol. The summed E-state index contributed by atoms with van der Waals surface area (Å²) < 4.78 is 12.6. The number of hydrogen-bond donors (Lipinski definition) is 1. The van der Waals surface area contributed by atoms with Crippen LogP contribution in [0.25, 0.3) is 16.9 Å². The highest BCUT2D eigenvalue weighted by atomic mass is 16.5. The van der Waals surface area contributed by atoms with E-state index in [-0.39, 0.29) is 5.91 Å². The zero-order valence-electron chi connectivity index (χ0n) is 21.0. The number of para-hydroxylation sites is 1. The standard InChI is InChI=1S/C28H36N4O3/c1-21-11-7-9-17-31(21)18-10-8-16-29-28(33)24-20-32(23-12-5-4-6-13-23)30-27(24)22-14-15-25(34-2)26(19-22)35-3/h4-6,12-15,19-21H,7-11,16-18H2,1-3H3,(H,29,33). The molecule has 1 amide bonds. The number of hydrogen-bond acceptors (Lipinski definition) is 5. The van der Waals surface area contributed by atoms with Gasteiger partial charge in [0.15, 0.2) is 11.5 Å². The van der Waals surface area contributed by atoms with E-state index in [1.54, 1.807) is 25.1 Å². The number of carbonyl (C=O) groups is 1. The van der Waals surface area contributed by atoms with E-state index in [4.69, 9.17) is 14.6 Å². The predicted octanol–water partition coefficient (Wildman–Crippen LogP) is 4.94. The predicted molar refractivity (Wildman–Crippen MR) is 139 cm³/mol. The highest BCUT2D eigenvalue weighted by molar-refractivity contribution is 6.00. The first-order valence-corrected chi connectivity index (χ1v) is 12.5. The van der Waals surface area contributed by atoms with Crippen LogP contribution in [0.4, 0.5) is 0 Å². The summed E-state index contributed by atoms with van der Waals surface area (Å²) in [6.07, 6.45) is 7.76. The molecule has 186 valence electrons. The van der Waals surface area contributed by atoms with E-state index in [0.717, 1.165) is 30.6 Å². The van der Waals surface area contributed by atoms with Gasteiger partial charge in [-0.2, -0.15) is 5.10 Å². The van der Waals surface area contributed by atoms with Crippen LogP contribution in [0.2, 0.25) is 0 Å². The molecule has 1 N–H and O–H groups in total. The largest absolute Gasteiger partial charge is 0.493 e. The third-order valence-corrected chi connectivity index (χ3v) is 6.73. The number of likely N-dealkylation sites (tertiary alicyclic amines) is 1. The molecule has 0 bridgehead atoms. The molecule has 35 heavy (non-hydrogen) atoms. The fourth-order valence-electron chi connectivity index (χ4n) is 4.68. The number of piperidine rings is 1. The minimum atomic E-state index is -0.122. The molecule has 0 aliphatic carbocycles. The number of benzene rings is 2. The molecule has 1 aliphatic heterocycles. The van der Waals surface area contributed by atoms with Gasteiger partial charge in [-0.05, 0) is 76.0 Å². The summed E-state index contributed by atoms with van der Waals surface area (Å²) in [6, 6.07) is 16.1. The van der Waals surface area contributed by atoms with Crippen molar-refractivity contribution < 1.29 is 14.3 Å². The molecule has 1 unspecified atom stereocenters. The van der Waals surface area contributed by atoms with E-state index in [1.165, 1.54) is 25.8 Å². The molecule has 2 aromatic carbocycles. The molecule has 7 heteroatoms. The second kappa shape index (κ2) is 11.9. The third kappa shape index (κ3) is 6.03. The fourth-order valence-corrected chi connectivity index (χ4v) is 4.68. The number of aromatic nitrogens is 2. The van der Waals surface area contributed by atoms with Gasteiger partial charge in [-0.1, -0.05) is 24.6 Å². The number of methoxy groups -OCH3 is 2. The summed E-state index contributed by atoms with van der Waals surface area (Å²) >= 11 is 0. The summed E-state index contributed by atoms with van der Waals surface area (Å²) in [7, 11) is 3.20. The van der Waals surface area contributed by atoms with Crippen molar-refractivity contribution in [2.75, 3.05) is 33.9 Å². The van der Waals surface area contributed by atoms with Crippen molar-refractivity contribution in [3.05, 3.63) is 60.3 Å². The molecule has 1 aliphatic rings. The lowest BCUT2D eigenvalue weighted by Gasteiger charge is -2.33. The lowest BCUT2D eigenvalue weighted by atomic mass is 10.0. The van der Waals surface area contributed by atoms with Crippen LogP contribution in [0.5, 0.6) is 11.5 Å². The summed E-state index contributed by atoms with van der Waals surface area (Å²) in [6.45, 7) is 5.25. The summed E-state index contributed by atoms with van der Waals surface area (Å²) in [4.78, 5) is 15.8. The Morgan fingerprint density at radius 3 is 2.60 bits per heavy atom. The van der Waals surface area contributed by atoms with Gasteiger partial charge >= 0.3 is 0 Å². The van der Waals surface area contributed by atoms with E-state index in [2.05, 4.69) is 17.1 Å². The Labute approximate surface area is 208 Å². The van der Waals surface area contributed by atoms with E-state index in [1.807, 2.05) is 48.5 Å². The van der Waals surface area contributed by atoms with Crippen molar-refractivity contribution in [2.24, 2.45) is 0 Å². The van der Waals surface area contributed by atoms with Crippen molar-refractivity contribution in [2.45, 2.75) is 45.1 Å². The van der Waals surface area contributed by atoms with Crippen LogP contribution in [0, 0.1) is 0 Å². The smallest absolute Gasteiger partial charge is 0.255 e. The molecule has 0 radical (unpaired) electrons. The van der Waals surface area contributed by atoms with Gasteiger partial charge in [-0.3, -0.25) is 4.79 Å². The van der Waals surface area contributed by atoms with Gasteiger partial charge in [0.05, 0.1) is 25.5 Å². The maximum atomic E-state index is 13.2. The number of unbranched alkanes of at least 4 members (excludes halogenated alkanes) is 1. The Hall–Kier alpha value is -3.32. The first kappa shape index (κ1) is 24.8. The topological polar surface area (TPSA) is 68.6 Å². The Morgan fingerprint density at radius 2 is 1.86 bits per heavy atom. The maximum absolute atomic E-state index is 13.2. The molecule has 4 rings (SSSR count). The number of carbonyl (C=O) groups excluding carboxylic acids is 1. The summed E-state index contributed by atoms with van der Waals surface area (Å²) in [5, 5.41) is 7.88. The van der Waals surface area contributed by atoms with Crippen LogP contribution in [0.3, 0.4) is 0 Å². The molecule has 0 saturated carbocycles. The minimum absolute atomic E-state index is 0.122. The zero-order valence-corrected chi connectivity index (χ0v) is 21.0. The quantitative estimate of drug-likeness (QED) is 0.420. The normalized spacial score (nSPS) is 16.1. The van der Waals surface area contributed by atoms with Crippen LogP contribution in [0.1, 0.15) is 49.4 Å². The SMILES string of the molecule is COc1ccc(-c2nn(-c3ccccc3)cc2C(=O)NCCCCN2CCCCC2C)cc1OC. The Balaban J connectivity index is 1.48. The van der Waals surface area contributed by atoms with Gasteiger partial charge in [0.1, 0.15) is 5.69 Å². The second-order valence-electron chi connectivity index (χ2n) is 9.09. The average Bonchev–Trinajstić information content (AvgIpc) is 3.35. The molecular weight excluding hydrogens is 440 g/mol. The van der Waals surface area contributed by atoms with Crippen LogP contribution < -0.4 is 14.8 Å². The lowest BCUT2D eigenvalue weighted by molar-refractivity contribution is 0.0952. The first-order chi connectivity index (χ1) is 17.1. The van der Waals surface area contributed by atoms with E-state index >= 15 is 0 Å². The minimum Gasteiger partial charge on any atom is -0.493 e. The zero-order chi connectivity index (χ0) is 24.6. The van der Waals surface area contributed by atoms with E-state index < -0.39 is 0 Å². The van der Waals surface area contributed by atoms with Crippen molar-refractivity contribution in [1.29, 1.82) is 0 Å². The van der Waals surface area contributed by atoms with Crippen LogP contribution in [0.15, 0.2) is 54.7 Å². The fraction of sp³-hybridized carbons (Fsp3) is 0.429. The number of rotatable bonds is 10. The van der Waals surface area contributed by atoms with Gasteiger partial charge in [0.25, 0.3) is 5.91 Å². The van der Waals surface area contributed by atoms with Gasteiger partial charge in [-0.15, -0.1) is 0 Å². The Morgan fingerprint density at radius 1 is 1.06 bits per heavy atom. The van der Waals surface area contributed by atoms with Gasteiger partial charge in [0.2, 0.25) is 0 Å². The van der Waals surface area contributed by atoms with Crippen LogP contribution in [-0.4, -0.2) is 60.5 Å². The highest BCUT2D eigenvalue weighted by Gasteiger charge is 2.20. The van der Waals surface area contributed by atoms with Gasteiger partial charge < -0.3 is 19.7 Å². The number of amides is 1. The molecular formula is C28H36N4O3. The Kier molecular flexibility index (Phi) is 8.42.